The molecule has 5 heteroatoms. The Hall–Kier alpha value is -3.86. The fourth-order valence-corrected chi connectivity index (χ4v) is 3.02. The molecule has 0 amide bonds. The summed E-state index contributed by atoms with van der Waals surface area (Å²) in [6.07, 6.45) is 9.46. The number of carboxylic acid groups (broad SMARTS) is 1. The third-order valence-corrected chi connectivity index (χ3v) is 4.65. The molecule has 0 saturated carbocycles. The van der Waals surface area contributed by atoms with Gasteiger partial charge in [0.2, 0.25) is 0 Å². The van der Waals surface area contributed by atoms with Gasteiger partial charge >= 0.3 is 5.97 Å². The largest absolute Gasteiger partial charge is 0.489 e. The number of carboxylic acids is 1. The number of benzene rings is 2. The Morgan fingerprint density at radius 2 is 1.81 bits per heavy atom. The van der Waals surface area contributed by atoms with Gasteiger partial charge in [-0.05, 0) is 48.8 Å². The highest BCUT2D eigenvalue weighted by molar-refractivity contribution is 6.11. The van der Waals surface area contributed by atoms with Gasteiger partial charge in [0.15, 0.2) is 0 Å². The zero-order chi connectivity index (χ0) is 22.2. The molecular weight excluding hydrogens is 390 g/mol. The number of hydrogen-bond donors (Lipinski definition) is 1. The van der Waals surface area contributed by atoms with E-state index in [0.717, 1.165) is 16.9 Å². The Bertz CT molecular complexity index is 1110. The van der Waals surface area contributed by atoms with Crippen LogP contribution in [-0.2, 0) is 6.61 Å². The average molecular weight is 415 g/mol. The van der Waals surface area contributed by atoms with Crippen molar-refractivity contribution >= 4 is 11.7 Å². The minimum absolute atomic E-state index is 0.162. The van der Waals surface area contributed by atoms with E-state index >= 15 is 0 Å². The van der Waals surface area contributed by atoms with Gasteiger partial charge in [-0.1, -0.05) is 49.1 Å². The van der Waals surface area contributed by atoms with Crippen LogP contribution in [0.15, 0.2) is 95.7 Å². The fourth-order valence-electron chi connectivity index (χ4n) is 3.02. The lowest BCUT2D eigenvalue weighted by Gasteiger charge is -2.12. The average Bonchev–Trinajstić information content (AvgIpc) is 2.75. The van der Waals surface area contributed by atoms with Gasteiger partial charge in [-0.25, -0.2) is 4.79 Å². The van der Waals surface area contributed by atoms with Crippen LogP contribution in [0.4, 0.5) is 0 Å². The van der Waals surface area contributed by atoms with Gasteiger partial charge < -0.3 is 14.6 Å². The molecule has 5 nitrogen and oxygen atoms in total. The maximum Gasteiger partial charge on any atom is 0.336 e. The molecular formula is C26H25NO4. The van der Waals surface area contributed by atoms with Gasteiger partial charge in [0.25, 0.3) is 0 Å². The number of rotatable bonds is 8. The Labute approximate surface area is 182 Å². The highest BCUT2D eigenvalue weighted by atomic mass is 16.5. The molecule has 2 aromatic carbocycles. The molecule has 0 unspecified atom stereocenters. The van der Waals surface area contributed by atoms with E-state index in [0.29, 0.717) is 29.2 Å². The first-order valence-corrected chi connectivity index (χ1v) is 9.89. The number of aromatic carboxylic acids is 1. The van der Waals surface area contributed by atoms with E-state index in [4.69, 9.17) is 9.47 Å². The number of ether oxygens (including phenoxy) is 2. The van der Waals surface area contributed by atoms with Crippen LogP contribution in [0.3, 0.4) is 0 Å². The monoisotopic (exact) mass is 415 g/mol. The van der Waals surface area contributed by atoms with E-state index < -0.39 is 5.97 Å². The van der Waals surface area contributed by atoms with Crippen LogP contribution in [0, 0.1) is 6.92 Å². The lowest BCUT2D eigenvalue weighted by atomic mass is 10.0. The number of aryl methyl sites for hydroxylation is 1. The molecule has 2 aromatic rings. The topological polar surface area (TPSA) is 68.1 Å². The first-order valence-electron chi connectivity index (χ1n) is 9.89. The Morgan fingerprint density at radius 3 is 2.55 bits per heavy atom. The molecule has 0 spiro atoms. The first kappa shape index (κ1) is 21.8. The summed E-state index contributed by atoms with van der Waals surface area (Å²) in [4.78, 5) is 16.0. The number of nitrogens with zero attached hydrogens (tertiary/aromatic N) is 1. The van der Waals surface area contributed by atoms with Crippen LogP contribution < -0.4 is 9.47 Å². The molecule has 1 N–H and O–H groups in total. The summed E-state index contributed by atoms with van der Waals surface area (Å²) in [6, 6.07) is 12.6. The summed E-state index contributed by atoms with van der Waals surface area (Å²) in [5.74, 6) is 0.307. The lowest BCUT2D eigenvalue weighted by molar-refractivity contribution is 0.0693. The van der Waals surface area contributed by atoms with Crippen molar-refractivity contribution in [3.63, 3.8) is 0 Å². The molecule has 1 aliphatic rings. The van der Waals surface area contributed by atoms with Gasteiger partial charge in [0.05, 0.1) is 11.3 Å². The second-order valence-corrected chi connectivity index (χ2v) is 7.20. The number of hydrogen-bond acceptors (Lipinski definition) is 4. The maximum atomic E-state index is 11.5. The summed E-state index contributed by atoms with van der Waals surface area (Å²) in [5.41, 5.74) is 4.28. The van der Waals surface area contributed by atoms with E-state index in [1.165, 1.54) is 0 Å². The predicted octanol–water partition coefficient (Wildman–Crippen LogP) is 5.68. The summed E-state index contributed by atoms with van der Waals surface area (Å²) >= 11 is 0. The van der Waals surface area contributed by atoms with E-state index in [1.807, 2.05) is 55.5 Å². The van der Waals surface area contributed by atoms with Crippen LogP contribution in [0.25, 0.3) is 0 Å². The first-order chi connectivity index (χ1) is 14.9. The second-order valence-electron chi connectivity index (χ2n) is 7.20. The van der Waals surface area contributed by atoms with Crippen LogP contribution in [0.5, 0.6) is 11.5 Å². The van der Waals surface area contributed by atoms with Crippen molar-refractivity contribution in [2.24, 2.45) is 4.99 Å². The molecule has 158 valence electrons. The minimum atomic E-state index is -0.956. The molecule has 0 atom stereocenters. The highest BCUT2D eigenvalue weighted by Gasteiger charge is 2.13. The summed E-state index contributed by atoms with van der Waals surface area (Å²) < 4.78 is 11.7. The zero-order valence-corrected chi connectivity index (χ0v) is 17.7. The van der Waals surface area contributed by atoms with Crippen molar-refractivity contribution in [2.75, 3.05) is 6.61 Å². The Balaban J connectivity index is 1.60. The molecule has 3 rings (SSSR count). The molecule has 0 bridgehead atoms. The van der Waals surface area contributed by atoms with Crippen molar-refractivity contribution in [3.8, 4) is 11.5 Å². The fraction of sp³-hybridized carbons (Fsp3) is 0.154. The van der Waals surface area contributed by atoms with Crippen molar-refractivity contribution in [1.29, 1.82) is 0 Å². The van der Waals surface area contributed by atoms with Crippen molar-refractivity contribution in [3.05, 3.63) is 107 Å². The smallest absolute Gasteiger partial charge is 0.336 e. The van der Waals surface area contributed by atoms with Crippen LogP contribution >= 0.6 is 0 Å². The SMILES string of the molecule is C=C1C=CC=CC1=N/C=C(\C)COc1cccc(OCc2cccc(C)c2C(=O)O)c1. The molecule has 0 aliphatic heterocycles. The molecule has 1 aliphatic carbocycles. The number of allylic oxidation sites excluding steroid dienone is 5. The third-order valence-electron chi connectivity index (χ3n) is 4.65. The third kappa shape index (κ3) is 6.06. The van der Waals surface area contributed by atoms with Crippen molar-refractivity contribution in [2.45, 2.75) is 20.5 Å². The molecule has 0 heterocycles. The second kappa shape index (κ2) is 10.3. The van der Waals surface area contributed by atoms with E-state index in [9.17, 15) is 9.90 Å². The molecule has 0 aromatic heterocycles. The van der Waals surface area contributed by atoms with Gasteiger partial charge in [0, 0.05) is 17.8 Å². The van der Waals surface area contributed by atoms with Crippen LogP contribution in [0.2, 0.25) is 0 Å². The maximum absolute atomic E-state index is 11.5. The minimum Gasteiger partial charge on any atom is -0.489 e. The van der Waals surface area contributed by atoms with Crippen molar-refractivity contribution < 1.29 is 19.4 Å². The molecule has 31 heavy (non-hydrogen) atoms. The molecule has 0 radical (unpaired) electrons. The number of carbonyl (C=O) groups is 1. The van der Waals surface area contributed by atoms with E-state index in [1.54, 1.807) is 31.3 Å². The molecule has 0 fully saturated rings. The summed E-state index contributed by atoms with van der Waals surface area (Å²) in [5, 5.41) is 9.45. The summed E-state index contributed by atoms with van der Waals surface area (Å²) in [7, 11) is 0. The quantitative estimate of drug-likeness (QED) is 0.602. The van der Waals surface area contributed by atoms with E-state index in [2.05, 4.69) is 11.6 Å². The van der Waals surface area contributed by atoms with Crippen molar-refractivity contribution in [1.82, 2.24) is 0 Å². The normalized spacial score (nSPS) is 14.7. The number of aliphatic imine (C=N–C) groups is 1. The van der Waals surface area contributed by atoms with Gasteiger partial charge in [0.1, 0.15) is 24.7 Å². The molecule has 0 saturated heterocycles. The lowest BCUT2D eigenvalue weighted by Crippen LogP contribution is -2.08. The Morgan fingerprint density at radius 1 is 1.10 bits per heavy atom. The van der Waals surface area contributed by atoms with Crippen LogP contribution in [0.1, 0.15) is 28.4 Å². The standard InChI is InChI=1S/C26H25NO4/c1-18(15-27-24-13-5-4-8-19(24)2)16-30-22-11-7-12-23(14-22)31-17-21-10-6-9-20(3)25(21)26(28)29/h4-15H,2,16-17H2,1,3H3,(H,28,29)/b18-15+,27-24?. The zero-order valence-electron chi connectivity index (χ0n) is 17.7. The highest BCUT2D eigenvalue weighted by Crippen LogP contribution is 2.22. The Kier molecular flexibility index (Phi) is 7.22. The predicted molar refractivity (Wildman–Crippen MR) is 123 cm³/mol. The van der Waals surface area contributed by atoms with Crippen LogP contribution in [-0.4, -0.2) is 23.4 Å². The van der Waals surface area contributed by atoms with E-state index in [-0.39, 0.29) is 12.2 Å². The summed E-state index contributed by atoms with van der Waals surface area (Å²) in [6.45, 7) is 8.23. The van der Waals surface area contributed by atoms with Gasteiger partial charge in [-0.2, -0.15) is 0 Å². The van der Waals surface area contributed by atoms with Gasteiger partial charge in [-0.15, -0.1) is 0 Å². The van der Waals surface area contributed by atoms with Gasteiger partial charge in [-0.3, -0.25) is 4.99 Å².